The molecule has 0 aliphatic carbocycles. The Morgan fingerprint density at radius 1 is 0.929 bits per heavy atom. The average molecular weight is 649 g/mol. The van der Waals surface area contributed by atoms with E-state index in [9.17, 15) is 39.7 Å². The molecular formula is C14H4F5I2O6S-. The zero-order valence-corrected chi connectivity index (χ0v) is 18.0. The van der Waals surface area contributed by atoms with Crippen LogP contribution in [0.5, 0.6) is 11.5 Å². The molecule has 0 unspecified atom stereocenters. The van der Waals surface area contributed by atoms with Crippen molar-refractivity contribution < 1.29 is 49.2 Å². The number of rotatable bonds is 5. The van der Waals surface area contributed by atoms with Crippen molar-refractivity contribution >= 4 is 61.3 Å². The summed E-state index contributed by atoms with van der Waals surface area (Å²) in [6.07, 6.45) is 0. The summed E-state index contributed by atoms with van der Waals surface area (Å²) in [7, 11) is -4.77. The second kappa shape index (κ2) is 8.62. The summed E-state index contributed by atoms with van der Waals surface area (Å²) in [6, 6.07) is 2.17. The van der Waals surface area contributed by atoms with E-state index in [2.05, 4.69) is 4.74 Å². The van der Waals surface area contributed by atoms with E-state index in [0.29, 0.717) is 0 Å². The third kappa shape index (κ3) is 4.82. The minimum atomic E-state index is -4.77. The molecule has 0 amide bonds. The van der Waals surface area contributed by atoms with E-state index >= 15 is 0 Å². The van der Waals surface area contributed by atoms with Crippen LogP contribution in [0, 0.1) is 36.2 Å². The Kier molecular flexibility index (Phi) is 7.08. The van der Waals surface area contributed by atoms with Crippen LogP contribution in [0.4, 0.5) is 22.0 Å². The molecule has 2 rings (SSSR count). The van der Waals surface area contributed by atoms with Crippen LogP contribution in [0.3, 0.4) is 0 Å². The Morgan fingerprint density at radius 2 is 1.36 bits per heavy atom. The van der Waals surface area contributed by atoms with Gasteiger partial charge in [0.15, 0.2) is 6.61 Å². The van der Waals surface area contributed by atoms with Gasteiger partial charge in [0, 0.05) is 7.14 Å². The van der Waals surface area contributed by atoms with Crippen molar-refractivity contribution in [2.45, 2.75) is 4.90 Å². The monoisotopic (exact) mass is 649 g/mol. The number of ether oxygens (including phenoxy) is 2. The van der Waals surface area contributed by atoms with Crippen LogP contribution in [0.2, 0.25) is 0 Å². The van der Waals surface area contributed by atoms with Gasteiger partial charge in [-0.25, -0.2) is 26.4 Å². The molecule has 0 aliphatic heterocycles. The van der Waals surface area contributed by atoms with E-state index in [0.717, 1.165) is 12.1 Å². The average Bonchev–Trinajstić information content (AvgIpc) is 2.58. The lowest BCUT2D eigenvalue weighted by Crippen LogP contribution is -2.20. The summed E-state index contributed by atoms with van der Waals surface area (Å²) in [5.74, 6) is -15.1. The molecule has 0 atom stereocenters. The van der Waals surface area contributed by atoms with Crippen molar-refractivity contribution in [1.82, 2.24) is 0 Å². The summed E-state index contributed by atoms with van der Waals surface area (Å²) >= 11 is 3.07. The molecule has 0 radical (unpaired) electrons. The van der Waals surface area contributed by atoms with Crippen LogP contribution in [0.25, 0.3) is 0 Å². The van der Waals surface area contributed by atoms with Crippen molar-refractivity contribution in [2.75, 3.05) is 6.61 Å². The second-order valence-electron chi connectivity index (χ2n) is 4.83. The molecule has 0 saturated carbocycles. The first-order valence-corrected chi connectivity index (χ1v) is 10.2. The van der Waals surface area contributed by atoms with Gasteiger partial charge in [-0.1, -0.05) is 0 Å². The molecule has 0 saturated heterocycles. The Bertz CT molecular complexity index is 1020. The zero-order chi connectivity index (χ0) is 21.4. The molecule has 0 bridgehead atoms. The fourth-order valence-electron chi connectivity index (χ4n) is 1.82. The predicted octanol–water partition coefficient (Wildman–Crippen LogP) is 3.48. The van der Waals surface area contributed by atoms with Crippen molar-refractivity contribution in [3.63, 3.8) is 0 Å². The topological polar surface area (TPSA) is 92.7 Å². The molecular weight excluding hydrogens is 645 g/mol. The second-order valence-corrected chi connectivity index (χ2v) is 8.47. The van der Waals surface area contributed by atoms with E-state index in [1.54, 1.807) is 0 Å². The Balaban J connectivity index is 2.19. The molecule has 0 aromatic heterocycles. The van der Waals surface area contributed by atoms with Gasteiger partial charge in [-0.3, -0.25) is 0 Å². The maximum absolute atomic E-state index is 13.5. The summed E-state index contributed by atoms with van der Waals surface area (Å²) in [5, 5.41) is 0. The molecule has 0 N–H and O–H groups in total. The quantitative estimate of drug-likeness (QED) is 0.0938. The molecule has 0 spiro atoms. The minimum Gasteiger partial charge on any atom is -0.744 e. The fourth-order valence-corrected chi connectivity index (χ4v) is 5.74. The predicted molar refractivity (Wildman–Crippen MR) is 97.2 cm³/mol. The van der Waals surface area contributed by atoms with E-state index in [1.165, 1.54) is 45.2 Å². The molecule has 6 nitrogen and oxygen atoms in total. The molecule has 0 fully saturated rings. The highest BCUT2D eigenvalue weighted by molar-refractivity contribution is 14.1. The number of halogens is 7. The zero-order valence-electron chi connectivity index (χ0n) is 12.9. The maximum atomic E-state index is 13.5. The van der Waals surface area contributed by atoms with E-state index in [1.807, 2.05) is 0 Å². The largest absolute Gasteiger partial charge is 0.744 e. The number of hydrogen-bond donors (Lipinski definition) is 0. The molecule has 0 aliphatic rings. The van der Waals surface area contributed by atoms with Crippen LogP contribution in [-0.2, 0) is 14.9 Å². The van der Waals surface area contributed by atoms with Crippen LogP contribution >= 0.6 is 45.2 Å². The Morgan fingerprint density at radius 3 is 1.79 bits per heavy atom. The summed E-state index contributed by atoms with van der Waals surface area (Å²) < 4.78 is 109. The molecule has 2 aromatic rings. The minimum absolute atomic E-state index is 0.0253. The number of carbonyl (C=O) groups is 1. The fraction of sp³-hybridized carbons (Fsp3) is 0.0714. The third-order valence-electron chi connectivity index (χ3n) is 2.96. The van der Waals surface area contributed by atoms with Crippen LogP contribution in [0.1, 0.15) is 0 Å². The smallest absolute Gasteiger partial charge is 0.349 e. The Hall–Kier alpha value is -1.27. The number of hydrogen-bond acceptors (Lipinski definition) is 6. The van der Waals surface area contributed by atoms with Crippen molar-refractivity contribution in [3.05, 3.63) is 48.4 Å². The lowest BCUT2D eigenvalue weighted by atomic mass is 10.2. The molecule has 14 heteroatoms. The molecule has 0 heterocycles. The molecule has 28 heavy (non-hydrogen) atoms. The lowest BCUT2D eigenvalue weighted by molar-refractivity contribution is -0.137. The highest BCUT2D eigenvalue weighted by atomic mass is 127. The lowest BCUT2D eigenvalue weighted by Gasteiger charge is -2.14. The van der Waals surface area contributed by atoms with Gasteiger partial charge in [0.1, 0.15) is 15.9 Å². The van der Waals surface area contributed by atoms with E-state index < -0.39 is 62.4 Å². The van der Waals surface area contributed by atoms with Gasteiger partial charge in [-0.2, -0.15) is 8.78 Å². The molecule has 2 aromatic carbocycles. The van der Waals surface area contributed by atoms with Gasteiger partial charge >= 0.3 is 5.97 Å². The highest BCUT2D eigenvalue weighted by Crippen LogP contribution is 2.30. The van der Waals surface area contributed by atoms with E-state index in [4.69, 9.17) is 4.74 Å². The number of benzene rings is 2. The summed E-state index contributed by atoms with van der Waals surface area (Å²) in [4.78, 5) is 11.1. The van der Waals surface area contributed by atoms with Gasteiger partial charge in [-0.15, -0.1) is 0 Å². The number of carbonyl (C=O) groups excluding carboxylic acids is 1. The van der Waals surface area contributed by atoms with Crippen LogP contribution in [0.15, 0.2) is 17.0 Å². The van der Waals surface area contributed by atoms with Gasteiger partial charge in [0.25, 0.3) is 0 Å². The first-order chi connectivity index (χ1) is 12.8. The summed E-state index contributed by atoms with van der Waals surface area (Å²) in [6.45, 7) is -1.02. The van der Waals surface area contributed by atoms with Gasteiger partial charge in [0.05, 0.1) is 4.90 Å². The highest BCUT2D eigenvalue weighted by Gasteiger charge is 2.28. The third-order valence-corrected chi connectivity index (χ3v) is 6.34. The van der Waals surface area contributed by atoms with Crippen molar-refractivity contribution in [2.24, 2.45) is 0 Å². The summed E-state index contributed by atoms with van der Waals surface area (Å²) in [5.41, 5.74) is 0. The maximum Gasteiger partial charge on any atom is 0.349 e. The Labute approximate surface area is 181 Å². The van der Waals surface area contributed by atoms with Gasteiger partial charge in [-0.05, 0) is 57.3 Å². The van der Waals surface area contributed by atoms with E-state index in [-0.39, 0.29) is 12.9 Å². The standard InChI is InChI=1S/C14H5F5I2O6S/c15-8-9(16)11(18)13(12(19)10(8)17)27-7(22)3-26-4-1-5(20)14(6(21)2-4)28(23,24)25/h1-2H,3H2,(H,23,24,25)/p-1. The normalized spacial score (nSPS) is 11.4. The number of esters is 1. The molecule has 152 valence electrons. The van der Waals surface area contributed by atoms with Crippen molar-refractivity contribution in [3.8, 4) is 11.5 Å². The van der Waals surface area contributed by atoms with Crippen molar-refractivity contribution in [1.29, 1.82) is 0 Å². The van der Waals surface area contributed by atoms with Gasteiger partial charge < -0.3 is 14.0 Å². The van der Waals surface area contributed by atoms with Crippen LogP contribution in [-0.4, -0.2) is 25.5 Å². The SMILES string of the molecule is O=C(COc1cc(I)c(S(=O)(=O)[O-])c(I)c1)Oc1c(F)c(F)c(F)c(F)c1F. The van der Waals surface area contributed by atoms with Gasteiger partial charge in [0.2, 0.25) is 34.8 Å². The first-order valence-electron chi connectivity index (χ1n) is 6.64. The first kappa shape index (κ1) is 23.0. The van der Waals surface area contributed by atoms with Crippen LogP contribution < -0.4 is 9.47 Å².